The molecule has 0 aliphatic heterocycles. The lowest BCUT2D eigenvalue weighted by molar-refractivity contribution is 0.181. The van der Waals surface area contributed by atoms with Crippen molar-refractivity contribution in [2.45, 2.75) is 19.1 Å². The Kier molecular flexibility index (Phi) is 4.59. The molecule has 0 heterocycles. The van der Waals surface area contributed by atoms with Gasteiger partial charge in [-0.15, -0.1) is 0 Å². The van der Waals surface area contributed by atoms with Gasteiger partial charge in [0.05, 0.1) is 12.7 Å². The van der Waals surface area contributed by atoms with Crippen LogP contribution in [0, 0.1) is 0 Å². The summed E-state index contributed by atoms with van der Waals surface area (Å²) < 4.78 is 5.03. The predicted octanol–water partition coefficient (Wildman–Crippen LogP) is 0.695. The Balaban J connectivity index is 2.63. The van der Waals surface area contributed by atoms with Gasteiger partial charge in [-0.05, 0) is 17.5 Å². The van der Waals surface area contributed by atoms with E-state index < -0.39 is 6.10 Å². The minimum absolute atomic E-state index is 0.300. The molecule has 1 rings (SSSR count). The minimum Gasteiger partial charge on any atom is -0.391 e. The van der Waals surface area contributed by atoms with E-state index in [1.807, 2.05) is 24.3 Å². The third kappa shape index (κ3) is 3.46. The van der Waals surface area contributed by atoms with Crippen LogP contribution in [0.15, 0.2) is 24.3 Å². The number of ether oxygens (including phenoxy) is 1. The summed E-state index contributed by atoms with van der Waals surface area (Å²) in [6, 6.07) is 7.98. The van der Waals surface area contributed by atoms with Crippen molar-refractivity contribution in [3.63, 3.8) is 0 Å². The molecule has 0 spiro atoms. The van der Waals surface area contributed by atoms with Crippen molar-refractivity contribution < 1.29 is 9.84 Å². The Hall–Kier alpha value is -0.900. The van der Waals surface area contributed by atoms with Crippen molar-refractivity contribution in [1.82, 2.24) is 0 Å². The molecule has 3 heteroatoms. The van der Waals surface area contributed by atoms with Crippen LogP contribution >= 0.6 is 0 Å². The molecule has 1 aromatic carbocycles. The monoisotopic (exact) mass is 195 g/mol. The summed E-state index contributed by atoms with van der Waals surface area (Å²) in [4.78, 5) is 0. The van der Waals surface area contributed by atoms with Crippen molar-refractivity contribution in [1.29, 1.82) is 0 Å². The number of nitrogens with two attached hydrogens (primary N) is 1. The minimum atomic E-state index is -0.451. The lowest BCUT2D eigenvalue weighted by atomic mass is 10.1. The summed E-state index contributed by atoms with van der Waals surface area (Å²) in [5.41, 5.74) is 7.56. The van der Waals surface area contributed by atoms with Crippen LogP contribution in [0.3, 0.4) is 0 Å². The molecular formula is C11H17NO2. The first-order valence-corrected chi connectivity index (χ1v) is 4.71. The van der Waals surface area contributed by atoms with E-state index in [2.05, 4.69) is 0 Å². The molecule has 0 radical (unpaired) electrons. The number of hydrogen-bond acceptors (Lipinski definition) is 3. The molecule has 78 valence electrons. The first kappa shape index (κ1) is 11.2. The van der Waals surface area contributed by atoms with E-state index in [-0.39, 0.29) is 0 Å². The van der Waals surface area contributed by atoms with Crippen LogP contribution in [0.2, 0.25) is 0 Å². The number of rotatable bonds is 5. The molecule has 0 aliphatic carbocycles. The zero-order valence-electron chi connectivity index (χ0n) is 8.44. The summed E-state index contributed by atoms with van der Waals surface area (Å²) in [5, 5.41) is 9.38. The molecule has 3 N–H and O–H groups in total. The van der Waals surface area contributed by atoms with Crippen molar-refractivity contribution in [2.24, 2.45) is 5.73 Å². The van der Waals surface area contributed by atoms with Crippen LogP contribution in [-0.2, 0) is 17.8 Å². The molecule has 0 saturated carbocycles. The van der Waals surface area contributed by atoms with Crippen molar-refractivity contribution >= 4 is 0 Å². The third-order valence-corrected chi connectivity index (χ3v) is 2.05. The van der Waals surface area contributed by atoms with Gasteiger partial charge in [0.25, 0.3) is 0 Å². The lowest BCUT2D eigenvalue weighted by Gasteiger charge is -2.08. The topological polar surface area (TPSA) is 55.5 Å². The average molecular weight is 195 g/mol. The smallest absolute Gasteiger partial charge is 0.0713 e. The molecule has 0 aromatic heterocycles. The Morgan fingerprint density at radius 3 is 2.79 bits per heavy atom. The molecule has 3 nitrogen and oxygen atoms in total. The molecule has 0 aliphatic rings. The summed E-state index contributed by atoms with van der Waals surface area (Å²) in [7, 11) is 1.67. The molecule has 0 saturated heterocycles. The number of aliphatic hydroxyl groups is 1. The molecule has 0 fully saturated rings. The van der Waals surface area contributed by atoms with Gasteiger partial charge in [0.1, 0.15) is 0 Å². The van der Waals surface area contributed by atoms with E-state index >= 15 is 0 Å². The maximum Gasteiger partial charge on any atom is 0.0713 e. The highest BCUT2D eigenvalue weighted by Gasteiger charge is 2.03. The largest absolute Gasteiger partial charge is 0.391 e. The van der Waals surface area contributed by atoms with Crippen LogP contribution in [0.5, 0.6) is 0 Å². The summed E-state index contributed by atoms with van der Waals surface area (Å²) in [6.07, 6.45) is 0.154. The van der Waals surface area contributed by atoms with Crippen molar-refractivity contribution in [3.05, 3.63) is 35.4 Å². The second kappa shape index (κ2) is 5.75. The standard InChI is InChI=1S/C11H17NO2/c1-14-8-10-4-2-3-9(5-10)6-11(13)7-12/h2-5,11,13H,6-8,12H2,1H3. The van der Waals surface area contributed by atoms with Gasteiger partial charge in [-0.3, -0.25) is 0 Å². The predicted molar refractivity (Wildman–Crippen MR) is 55.9 cm³/mol. The second-order valence-corrected chi connectivity index (χ2v) is 3.35. The van der Waals surface area contributed by atoms with Crippen LogP contribution in [0.4, 0.5) is 0 Å². The number of hydrogen-bond donors (Lipinski definition) is 2. The van der Waals surface area contributed by atoms with Gasteiger partial charge in [-0.1, -0.05) is 24.3 Å². The van der Waals surface area contributed by atoms with Crippen molar-refractivity contribution in [2.75, 3.05) is 13.7 Å². The highest BCUT2D eigenvalue weighted by molar-refractivity contribution is 5.23. The zero-order valence-corrected chi connectivity index (χ0v) is 8.44. The highest BCUT2D eigenvalue weighted by atomic mass is 16.5. The second-order valence-electron chi connectivity index (χ2n) is 3.35. The first-order chi connectivity index (χ1) is 6.76. The van der Waals surface area contributed by atoms with Gasteiger partial charge in [-0.25, -0.2) is 0 Å². The molecular weight excluding hydrogens is 178 g/mol. The molecule has 14 heavy (non-hydrogen) atoms. The van der Waals surface area contributed by atoms with Gasteiger partial charge in [0.2, 0.25) is 0 Å². The van der Waals surface area contributed by atoms with Gasteiger partial charge < -0.3 is 15.6 Å². The SMILES string of the molecule is COCc1cccc(CC(O)CN)c1. The summed E-state index contributed by atoms with van der Waals surface area (Å²) in [6.45, 7) is 0.904. The number of benzene rings is 1. The van der Waals surface area contributed by atoms with Gasteiger partial charge in [0, 0.05) is 13.7 Å². The molecule has 0 bridgehead atoms. The maximum atomic E-state index is 9.38. The quantitative estimate of drug-likeness (QED) is 0.727. The Bertz CT molecular complexity index is 276. The van der Waals surface area contributed by atoms with Crippen LogP contribution in [-0.4, -0.2) is 24.9 Å². The fourth-order valence-electron chi connectivity index (χ4n) is 1.37. The van der Waals surface area contributed by atoms with Crippen LogP contribution in [0.1, 0.15) is 11.1 Å². The van der Waals surface area contributed by atoms with E-state index in [1.165, 1.54) is 0 Å². The lowest BCUT2D eigenvalue weighted by Crippen LogP contribution is -2.21. The first-order valence-electron chi connectivity index (χ1n) is 4.71. The number of aliphatic hydroxyl groups excluding tert-OH is 1. The Morgan fingerprint density at radius 1 is 1.43 bits per heavy atom. The number of methoxy groups -OCH3 is 1. The molecule has 0 amide bonds. The normalized spacial score (nSPS) is 12.8. The molecule has 1 atom stereocenters. The highest BCUT2D eigenvalue weighted by Crippen LogP contribution is 2.08. The zero-order chi connectivity index (χ0) is 10.4. The van der Waals surface area contributed by atoms with Gasteiger partial charge in [0.15, 0.2) is 0 Å². The maximum absolute atomic E-state index is 9.38. The van der Waals surface area contributed by atoms with Crippen LogP contribution < -0.4 is 5.73 Å². The van der Waals surface area contributed by atoms with E-state index in [0.29, 0.717) is 19.6 Å². The van der Waals surface area contributed by atoms with Crippen LogP contribution in [0.25, 0.3) is 0 Å². The Morgan fingerprint density at radius 2 is 2.14 bits per heavy atom. The van der Waals surface area contributed by atoms with E-state index in [9.17, 15) is 5.11 Å². The fraction of sp³-hybridized carbons (Fsp3) is 0.455. The third-order valence-electron chi connectivity index (χ3n) is 2.05. The summed E-state index contributed by atoms with van der Waals surface area (Å²) in [5.74, 6) is 0. The van der Waals surface area contributed by atoms with Crippen molar-refractivity contribution in [3.8, 4) is 0 Å². The van der Waals surface area contributed by atoms with E-state index in [1.54, 1.807) is 7.11 Å². The summed E-state index contributed by atoms with van der Waals surface area (Å²) >= 11 is 0. The fourth-order valence-corrected chi connectivity index (χ4v) is 1.37. The molecule has 1 unspecified atom stereocenters. The van der Waals surface area contributed by atoms with E-state index in [0.717, 1.165) is 11.1 Å². The van der Waals surface area contributed by atoms with Gasteiger partial charge >= 0.3 is 0 Å². The van der Waals surface area contributed by atoms with Gasteiger partial charge in [-0.2, -0.15) is 0 Å². The molecule has 1 aromatic rings. The average Bonchev–Trinajstić information content (AvgIpc) is 2.19. The Labute approximate surface area is 84.5 Å². The van der Waals surface area contributed by atoms with E-state index in [4.69, 9.17) is 10.5 Å².